The minimum absolute atomic E-state index is 0.0658. The van der Waals surface area contributed by atoms with Gasteiger partial charge in [-0.2, -0.15) is 11.8 Å². The number of carbonyl (C=O) groups is 3. The Hall–Kier alpha value is -2.34. The fourth-order valence-corrected chi connectivity index (χ4v) is 7.08. The monoisotopic (exact) mass is 787 g/mol. The van der Waals surface area contributed by atoms with E-state index in [1.165, 1.54) is 99.7 Å². The Morgan fingerprint density at radius 2 is 1.33 bits per heavy atom. The molecule has 1 amide bonds. The number of hydrogen-bond acceptors (Lipinski definition) is 14. The fourth-order valence-electron chi connectivity index (χ4n) is 6.11. The Balaban J connectivity index is 1.78. The van der Waals surface area contributed by atoms with Crippen molar-refractivity contribution in [1.29, 1.82) is 0 Å². The summed E-state index contributed by atoms with van der Waals surface area (Å²) in [4.78, 5) is 38.0. The first kappa shape index (κ1) is 47.8. The minimum Gasteiger partial charge on any atom is -0.462 e. The van der Waals surface area contributed by atoms with Crippen LogP contribution in [0.3, 0.4) is 0 Å². The molecule has 2 rings (SSSR count). The van der Waals surface area contributed by atoms with Crippen molar-refractivity contribution in [3.05, 3.63) is 6.20 Å². The first-order chi connectivity index (χ1) is 26.0. The number of thioether (sulfide) groups is 1. The lowest BCUT2D eigenvalue weighted by Gasteiger charge is -2.38. The molecule has 54 heavy (non-hydrogen) atoms. The molecular weight excluding hydrogens is 719 g/mol. The van der Waals surface area contributed by atoms with Crippen molar-refractivity contribution in [3.8, 4) is 0 Å². The molecule has 0 spiro atoms. The minimum atomic E-state index is -1.69. The van der Waals surface area contributed by atoms with Gasteiger partial charge in [0.15, 0.2) is 12.1 Å². The summed E-state index contributed by atoms with van der Waals surface area (Å²) in [5, 5.41) is 49.8. The van der Waals surface area contributed by atoms with Gasteiger partial charge < -0.3 is 45.7 Å². The summed E-state index contributed by atoms with van der Waals surface area (Å²) in [6.07, 6.45) is 14.3. The van der Waals surface area contributed by atoms with Crippen molar-refractivity contribution in [2.75, 3.05) is 23.4 Å². The van der Waals surface area contributed by atoms with Gasteiger partial charge in [0.2, 0.25) is 5.91 Å². The Bertz CT molecular complexity index is 1160. The van der Waals surface area contributed by atoms with Crippen molar-refractivity contribution >= 4 is 35.4 Å². The Kier molecular flexibility index (Phi) is 25.7. The lowest BCUT2D eigenvalue weighted by atomic mass is 9.99. The highest BCUT2D eigenvalue weighted by atomic mass is 32.2. The van der Waals surface area contributed by atoms with E-state index in [0.29, 0.717) is 12.8 Å². The van der Waals surface area contributed by atoms with Crippen LogP contribution in [0.15, 0.2) is 6.20 Å². The predicted octanol–water partition coefficient (Wildman–Crippen LogP) is 4.37. The van der Waals surface area contributed by atoms with Gasteiger partial charge in [-0.3, -0.25) is 14.4 Å². The summed E-state index contributed by atoms with van der Waals surface area (Å²) >= 11 is 1.30. The molecule has 16 heteroatoms. The van der Waals surface area contributed by atoms with Gasteiger partial charge in [-0.05, 0) is 12.8 Å². The van der Waals surface area contributed by atoms with E-state index in [1.54, 1.807) is 0 Å². The zero-order valence-electron chi connectivity index (χ0n) is 32.7. The molecule has 1 aliphatic rings. The third-order valence-corrected chi connectivity index (χ3v) is 10.7. The van der Waals surface area contributed by atoms with Crippen LogP contribution in [-0.2, 0) is 35.1 Å². The maximum absolute atomic E-state index is 12.8. The standard InChI is InChI=1S/C38H69N5O10S/c1-3-5-7-9-11-13-15-17-19-21-32(44)51-25-28(52-33(45)22-20-18-16-14-12-10-8-6-4-2)26-54-27-29(39)37(49)40-31-24-43(42-41-31)23-30-34(46)35(47)36(48)38(50)53-30/h24,28-30,34-36,38,46-48,50H,3-23,25-27,39H2,1-2H3,(H,40,49)/t28-,29-,30?,34?,35?,36?,38?/m1/s1. The first-order valence-corrected chi connectivity index (χ1v) is 21.5. The summed E-state index contributed by atoms with van der Waals surface area (Å²) in [6, 6.07) is -0.956. The molecule has 0 aliphatic carbocycles. The van der Waals surface area contributed by atoms with Crippen molar-refractivity contribution in [2.24, 2.45) is 5.73 Å². The molecule has 0 radical (unpaired) electrons. The number of anilines is 1. The second-order valence-corrected chi connectivity index (χ2v) is 15.5. The Labute approximate surface area is 325 Å². The van der Waals surface area contributed by atoms with Gasteiger partial charge in [-0.25, -0.2) is 4.68 Å². The number of aliphatic hydroxyl groups is 4. The molecule has 0 bridgehead atoms. The van der Waals surface area contributed by atoms with E-state index >= 15 is 0 Å². The van der Waals surface area contributed by atoms with Crippen LogP contribution in [0.4, 0.5) is 5.82 Å². The van der Waals surface area contributed by atoms with E-state index in [4.69, 9.17) is 19.9 Å². The SMILES string of the molecule is CCCCCCCCCCCC(=O)OC[C@H](CSC[C@@H](N)C(=O)Nc1cn(CC2OC(O)C(O)C(O)C2O)nn1)OC(=O)CCCCCCCCCCC. The number of amides is 1. The summed E-state index contributed by atoms with van der Waals surface area (Å²) in [5.41, 5.74) is 6.14. The lowest BCUT2D eigenvalue weighted by Crippen LogP contribution is -2.58. The molecule has 2 heterocycles. The number of aliphatic hydroxyl groups excluding tert-OH is 4. The summed E-state index contributed by atoms with van der Waals surface area (Å²) < 4.78 is 17.6. The molecule has 7 atom stereocenters. The van der Waals surface area contributed by atoms with E-state index in [1.807, 2.05) is 0 Å². The van der Waals surface area contributed by atoms with Crippen LogP contribution < -0.4 is 11.1 Å². The topological polar surface area (TPSA) is 229 Å². The third-order valence-electron chi connectivity index (χ3n) is 9.48. The normalized spacial score (nSPS) is 21.1. The summed E-state index contributed by atoms with van der Waals surface area (Å²) in [7, 11) is 0. The molecule has 1 aliphatic heterocycles. The molecule has 5 unspecified atom stereocenters. The Morgan fingerprint density at radius 3 is 1.91 bits per heavy atom. The molecule has 1 saturated heterocycles. The number of nitrogens with one attached hydrogen (secondary N) is 1. The zero-order valence-corrected chi connectivity index (χ0v) is 33.5. The molecule has 312 valence electrons. The van der Waals surface area contributed by atoms with Gasteiger partial charge in [-0.15, -0.1) is 5.10 Å². The summed E-state index contributed by atoms with van der Waals surface area (Å²) in [5.74, 6) is -0.657. The van der Waals surface area contributed by atoms with Gasteiger partial charge in [0.1, 0.15) is 37.1 Å². The quantitative estimate of drug-likeness (QED) is 0.0454. The number of rotatable bonds is 31. The predicted molar refractivity (Wildman–Crippen MR) is 207 cm³/mol. The average molecular weight is 788 g/mol. The molecule has 1 aromatic heterocycles. The number of ether oxygens (including phenoxy) is 3. The van der Waals surface area contributed by atoms with E-state index in [2.05, 4.69) is 29.5 Å². The lowest BCUT2D eigenvalue weighted by molar-refractivity contribution is -0.284. The maximum atomic E-state index is 12.8. The average Bonchev–Trinajstić information content (AvgIpc) is 3.59. The Morgan fingerprint density at radius 1 is 0.796 bits per heavy atom. The second-order valence-electron chi connectivity index (χ2n) is 14.4. The van der Waals surface area contributed by atoms with Gasteiger partial charge in [0, 0.05) is 24.3 Å². The number of carbonyl (C=O) groups excluding carboxylic acids is 3. The fraction of sp³-hybridized carbons (Fsp3) is 0.868. The van der Waals surface area contributed by atoms with Crippen molar-refractivity contribution in [1.82, 2.24) is 15.0 Å². The van der Waals surface area contributed by atoms with Crippen LogP contribution in [0.1, 0.15) is 142 Å². The molecule has 7 N–H and O–H groups in total. The van der Waals surface area contributed by atoms with E-state index in [0.717, 1.165) is 38.5 Å². The number of esters is 2. The number of unbranched alkanes of at least 4 members (excludes halogenated alkanes) is 16. The van der Waals surface area contributed by atoms with E-state index in [9.17, 15) is 34.8 Å². The van der Waals surface area contributed by atoms with Crippen LogP contribution >= 0.6 is 11.8 Å². The molecule has 1 aromatic rings. The van der Waals surface area contributed by atoms with Crippen LogP contribution in [0.25, 0.3) is 0 Å². The van der Waals surface area contributed by atoms with Gasteiger partial charge >= 0.3 is 11.9 Å². The van der Waals surface area contributed by atoms with Crippen LogP contribution in [0.2, 0.25) is 0 Å². The van der Waals surface area contributed by atoms with Crippen molar-refractivity contribution < 1.29 is 49.0 Å². The highest BCUT2D eigenvalue weighted by molar-refractivity contribution is 7.99. The van der Waals surface area contributed by atoms with E-state index in [-0.39, 0.29) is 42.4 Å². The van der Waals surface area contributed by atoms with Gasteiger partial charge in [-0.1, -0.05) is 122 Å². The number of aromatic nitrogens is 3. The molecule has 0 saturated carbocycles. The van der Waals surface area contributed by atoms with Gasteiger partial charge in [0.25, 0.3) is 0 Å². The smallest absolute Gasteiger partial charge is 0.306 e. The largest absolute Gasteiger partial charge is 0.462 e. The van der Waals surface area contributed by atoms with Crippen LogP contribution in [-0.4, -0.2) is 114 Å². The zero-order chi connectivity index (χ0) is 39.6. The molecule has 0 aromatic carbocycles. The third kappa shape index (κ3) is 20.5. The van der Waals surface area contributed by atoms with E-state index < -0.39 is 48.8 Å². The van der Waals surface area contributed by atoms with Crippen molar-refractivity contribution in [2.45, 2.75) is 192 Å². The van der Waals surface area contributed by atoms with Crippen LogP contribution in [0.5, 0.6) is 0 Å². The summed E-state index contributed by atoms with van der Waals surface area (Å²) in [6.45, 7) is 4.22. The van der Waals surface area contributed by atoms with Crippen LogP contribution in [0, 0.1) is 0 Å². The highest BCUT2D eigenvalue weighted by Crippen LogP contribution is 2.21. The van der Waals surface area contributed by atoms with Gasteiger partial charge in [0.05, 0.1) is 18.8 Å². The first-order valence-electron chi connectivity index (χ1n) is 20.3. The number of nitrogens with zero attached hydrogens (tertiary/aromatic N) is 3. The van der Waals surface area contributed by atoms with Crippen molar-refractivity contribution in [3.63, 3.8) is 0 Å². The number of nitrogens with two attached hydrogens (primary N) is 1. The second kappa shape index (κ2) is 29.0. The molecule has 15 nitrogen and oxygen atoms in total. The molecular formula is C38H69N5O10S. The molecule has 1 fully saturated rings. The highest BCUT2D eigenvalue weighted by Gasteiger charge is 2.43. The maximum Gasteiger partial charge on any atom is 0.306 e. The number of hydrogen-bond donors (Lipinski definition) is 6.